The van der Waals surface area contributed by atoms with Gasteiger partial charge in [0, 0.05) is 11.8 Å². The van der Waals surface area contributed by atoms with E-state index >= 15 is 0 Å². The fourth-order valence-corrected chi connectivity index (χ4v) is 4.87. The van der Waals surface area contributed by atoms with Gasteiger partial charge in [0.25, 0.3) is 0 Å². The third kappa shape index (κ3) is 6.77. The Morgan fingerprint density at radius 3 is 2.67 bits per heavy atom. The number of anilines is 1. The quantitative estimate of drug-likeness (QED) is 0.267. The standard InChI is InChI=1S/C22H29FN5O7P/c1-13(2)33-21(30)14(3)27-36(25,35-15-7-5-4-6-8-15)32-12-17-19(29)16(11-23)20(34-17)28-10-9-18(24)26-22(28)31/h4-11,13-14,17,19-20,29H,12H2,1-3H3,(H2,25,27)(H2,24,26,31)/b16-11+/t14-,17-,19+,20?,36?/m1/s1. The molecule has 0 spiro atoms. The Hall–Kier alpha value is -3.09. The Balaban J connectivity index is 1.79. The minimum absolute atomic E-state index is 0.0292. The first-order valence-corrected chi connectivity index (χ1v) is 12.7. The van der Waals surface area contributed by atoms with Crippen LogP contribution in [0.4, 0.5) is 10.2 Å². The van der Waals surface area contributed by atoms with Gasteiger partial charge < -0.3 is 29.4 Å². The van der Waals surface area contributed by atoms with Crippen molar-refractivity contribution in [2.24, 2.45) is 0 Å². The second-order valence-electron chi connectivity index (χ2n) is 8.21. The van der Waals surface area contributed by atoms with Gasteiger partial charge in [-0.05, 0) is 39.0 Å². The number of carbonyl (C=O) groups is 1. The highest BCUT2D eigenvalue weighted by molar-refractivity contribution is 7.53. The van der Waals surface area contributed by atoms with Crippen molar-refractivity contribution in [1.29, 1.82) is 5.16 Å². The van der Waals surface area contributed by atoms with E-state index in [0.717, 1.165) is 4.57 Å². The smallest absolute Gasteiger partial charge is 0.351 e. The van der Waals surface area contributed by atoms with Crippen LogP contribution >= 0.6 is 7.66 Å². The molecule has 1 saturated heterocycles. The van der Waals surface area contributed by atoms with Crippen LogP contribution in [0.5, 0.6) is 5.75 Å². The molecular weight excluding hydrogens is 496 g/mol. The predicted octanol–water partition coefficient (Wildman–Crippen LogP) is 2.49. The molecule has 3 rings (SSSR count). The molecule has 0 saturated carbocycles. The average Bonchev–Trinajstić information content (AvgIpc) is 3.12. The van der Waals surface area contributed by atoms with E-state index in [0.29, 0.717) is 5.75 Å². The van der Waals surface area contributed by atoms with E-state index in [1.54, 1.807) is 44.2 Å². The number of nitrogens with one attached hydrogen (secondary N) is 2. The zero-order valence-corrected chi connectivity index (χ0v) is 20.8. The van der Waals surface area contributed by atoms with Crippen molar-refractivity contribution >= 4 is 19.4 Å². The molecule has 0 aliphatic carbocycles. The van der Waals surface area contributed by atoms with Crippen molar-refractivity contribution in [3.05, 3.63) is 65.0 Å². The maximum Gasteiger partial charge on any atom is 0.351 e. The van der Waals surface area contributed by atoms with Gasteiger partial charge in [-0.1, -0.05) is 18.2 Å². The van der Waals surface area contributed by atoms with Crippen molar-refractivity contribution in [2.45, 2.75) is 51.4 Å². The first kappa shape index (κ1) is 27.5. The van der Waals surface area contributed by atoms with Gasteiger partial charge in [-0.2, -0.15) is 4.98 Å². The molecule has 2 unspecified atom stereocenters. The second-order valence-corrected chi connectivity index (χ2v) is 10.0. The summed E-state index contributed by atoms with van der Waals surface area (Å²) in [6, 6.07) is 8.72. The maximum absolute atomic E-state index is 13.7. The summed E-state index contributed by atoms with van der Waals surface area (Å²) in [7, 11) is -3.76. The molecule has 5 N–H and O–H groups in total. The molecule has 0 radical (unpaired) electrons. The van der Waals surface area contributed by atoms with Crippen LogP contribution in [0.2, 0.25) is 0 Å². The highest BCUT2D eigenvalue weighted by Gasteiger charge is 2.42. The number of nitrogens with two attached hydrogens (primary N) is 1. The number of benzene rings is 1. The lowest BCUT2D eigenvalue weighted by Crippen LogP contribution is -2.37. The summed E-state index contributed by atoms with van der Waals surface area (Å²) in [6.45, 7) is 4.44. The van der Waals surface area contributed by atoms with E-state index in [1.165, 1.54) is 19.2 Å². The summed E-state index contributed by atoms with van der Waals surface area (Å²) < 4.78 is 37.0. The number of rotatable bonds is 10. The summed E-state index contributed by atoms with van der Waals surface area (Å²) in [4.78, 5) is 28.1. The van der Waals surface area contributed by atoms with Gasteiger partial charge >= 0.3 is 19.3 Å². The van der Waals surface area contributed by atoms with E-state index in [4.69, 9.17) is 29.4 Å². The van der Waals surface area contributed by atoms with Gasteiger partial charge in [-0.15, -0.1) is 0 Å². The molecule has 5 atom stereocenters. The predicted molar refractivity (Wildman–Crippen MR) is 129 cm³/mol. The maximum atomic E-state index is 13.7. The number of halogens is 1. The van der Waals surface area contributed by atoms with Crippen molar-refractivity contribution in [1.82, 2.24) is 14.6 Å². The van der Waals surface area contributed by atoms with E-state index in [1.807, 2.05) is 0 Å². The molecule has 14 heteroatoms. The molecule has 1 aliphatic rings. The van der Waals surface area contributed by atoms with Crippen LogP contribution < -0.4 is 21.0 Å². The van der Waals surface area contributed by atoms with Gasteiger partial charge in [-0.3, -0.25) is 9.36 Å². The molecule has 2 heterocycles. The number of ether oxygens (including phenoxy) is 2. The number of hydrogen-bond donors (Lipinski definition) is 4. The van der Waals surface area contributed by atoms with E-state index in [9.17, 15) is 19.1 Å². The molecule has 12 nitrogen and oxygen atoms in total. The number of aliphatic hydroxyl groups is 1. The molecule has 1 aliphatic heterocycles. The lowest BCUT2D eigenvalue weighted by Gasteiger charge is -2.27. The number of esters is 1. The van der Waals surface area contributed by atoms with E-state index < -0.39 is 50.4 Å². The summed E-state index contributed by atoms with van der Waals surface area (Å²) >= 11 is 0. The largest absolute Gasteiger partial charge is 0.462 e. The first-order valence-electron chi connectivity index (χ1n) is 11.0. The molecule has 1 aromatic heterocycles. The number of aromatic nitrogens is 2. The molecule has 36 heavy (non-hydrogen) atoms. The third-order valence-electron chi connectivity index (χ3n) is 4.98. The van der Waals surface area contributed by atoms with Crippen molar-refractivity contribution < 1.29 is 32.8 Å². The monoisotopic (exact) mass is 525 g/mol. The van der Waals surface area contributed by atoms with Crippen LogP contribution in [0.3, 0.4) is 0 Å². The average molecular weight is 525 g/mol. The SMILES string of the molecule is CC(C)OC(=O)[C@@H](C)NP(=N)(OC[C@H]1OC(n2ccc(N)nc2=O)/C(=C/F)[C@@H]1O)Oc1ccccc1. The Morgan fingerprint density at radius 1 is 1.36 bits per heavy atom. The van der Waals surface area contributed by atoms with Gasteiger partial charge in [0.1, 0.15) is 29.8 Å². The van der Waals surface area contributed by atoms with Crippen LogP contribution in [0.25, 0.3) is 0 Å². The first-order chi connectivity index (χ1) is 17.0. The number of para-hydroxylation sites is 1. The van der Waals surface area contributed by atoms with Gasteiger partial charge in [0.2, 0.25) is 0 Å². The fourth-order valence-electron chi connectivity index (χ4n) is 3.30. The molecule has 196 valence electrons. The Bertz CT molecular complexity index is 1190. The molecule has 0 amide bonds. The van der Waals surface area contributed by atoms with Crippen LogP contribution in [0.1, 0.15) is 27.0 Å². The Kier molecular flexibility index (Phi) is 8.98. The van der Waals surface area contributed by atoms with E-state index in [2.05, 4.69) is 10.1 Å². The lowest BCUT2D eigenvalue weighted by molar-refractivity contribution is -0.149. The second kappa shape index (κ2) is 11.8. The highest BCUT2D eigenvalue weighted by Crippen LogP contribution is 2.47. The molecule has 2 aromatic rings. The van der Waals surface area contributed by atoms with Gasteiger partial charge in [0.15, 0.2) is 6.23 Å². The van der Waals surface area contributed by atoms with Gasteiger partial charge in [-0.25, -0.2) is 19.4 Å². The van der Waals surface area contributed by atoms with Crippen LogP contribution in [0, 0.1) is 5.16 Å². The minimum Gasteiger partial charge on any atom is -0.462 e. The van der Waals surface area contributed by atoms with Crippen molar-refractivity contribution in [3.63, 3.8) is 0 Å². The number of aliphatic hydroxyl groups excluding tert-OH is 1. The lowest BCUT2D eigenvalue weighted by atomic mass is 10.1. The summed E-state index contributed by atoms with van der Waals surface area (Å²) in [5, 5.41) is 22.2. The summed E-state index contributed by atoms with van der Waals surface area (Å²) in [5.74, 6) is -0.345. The topological polar surface area (TPSA) is 171 Å². The van der Waals surface area contributed by atoms with Crippen LogP contribution in [0.15, 0.2) is 59.3 Å². The minimum atomic E-state index is -3.76. The molecule has 1 fully saturated rings. The normalized spacial score (nSPS) is 23.4. The number of hydrogen-bond acceptors (Lipinski definition) is 10. The Morgan fingerprint density at radius 2 is 2.06 bits per heavy atom. The number of carbonyl (C=O) groups excluding carboxylic acids is 1. The van der Waals surface area contributed by atoms with E-state index in [-0.39, 0.29) is 23.8 Å². The summed E-state index contributed by atoms with van der Waals surface area (Å²) in [5.41, 5.74) is 4.46. The van der Waals surface area contributed by atoms with Crippen molar-refractivity contribution in [3.8, 4) is 5.75 Å². The molecule has 1 aromatic carbocycles. The number of nitrogen functional groups attached to an aromatic ring is 1. The molecule has 0 bridgehead atoms. The van der Waals surface area contributed by atoms with Crippen LogP contribution in [-0.4, -0.2) is 51.6 Å². The van der Waals surface area contributed by atoms with Crippen LogP contribution in [-0.2, 0) is 18.8 Å². The zero-order chi connectivity index (χ0) is 26.5. The summed E-state index contributed by atoms with van der Waals surface area (Å²) in [6.07, 6.45) is -2.95. The van der Waals surface area contributed by atoms with Gasteiger partial charge in [0.05, 0.1) is 19.0 Å². The Labute approximate surface area is 206 Å². The van der Waals surface area contributed by atoms with Crippen molar-refractivity contribution in [2.75, 3.05) is 12.3 Å². The fraction of sp³-hybridized carbons (Fsp3) is 0.409. The highest BCUT2D eigenvalue weighted by atomic mass is 31.2. The number of nitrogens with zero attached hydrogens (tertiary/aromatic N) is 2. The third-order valence-corrected chi connectivity index (χ3v) is 6.69. The molecular formula is C22H29FN5O7P. The zero-order valence-electron chi connectivity index (χ0n) is 19.9.